The Kier molecular flexibility index (Phi) is 5.37. The molecule has 3 heteroatoms. The van der Waals surface area contributed by atoms with Gasteiger partial charge < -0.3 is 10.1 Å². The molecular formula is C14H16ClNO. The van der Waals surface area contributed by atoms with Crippen molar-refractivity contribution in [3.05, 3.63) is 60.2 Å². The van der Waals surface area contributed by atoms with Gasteiger partial charge in [0.25, 0.3) is 0 Å². The van der Waals surface area contributed by atoms with E-state index in [1.165, 1.54) is 5.56 Å². The summed E-state index contributed by atoms with van der Waals surface area (Å²) < 4.78 is 5.69. The Balaban J connectivity index is 0.00000144. The van der Waals surface area contributed by atoms with Crippen molar-refractivity contribution in [3.8, 4) is 5.75 Å². The number of anilines is 1. The van der Waals surface area contributed by atoms with Gasteiger partial charge >= 0.3 is 0 Å². The number of rotatable bonds is 4. The Morgan fingerprint density at radius 3 is 2.47 bits per heavy atom. The normalized spacial score (nSPS) is 9.24. The highest BCUT2D eigenvalue weighted by Gasteiger charge is 1.96. The number of halogens is 1. The van der Waals surface area contributed by atoms with Gasteiger partial charge in [0.2, 0.25) is 0 Å². The molecule has 1 N–H and O–H groups in total. The molecule has 2 rings (SSSR count). The molecule has 2 aromatic rings. The summed E-state index contributed by atoms with van der Waals surface area (Å²) in [7, 11) is 1.90. The topological polar surface area (TPSA) is 21.3 Å². The van der Waals surface area contributed by atoms with Gasteiger partial charge in [0.1, 0.15) is 12.4 Å². The summed E-state index contributed by atoms with van der Waals surface area (Å²) >= 11 is 0. The largest absolute Gasteiger partial charge is 0.489 e. The quantitative estimate of drug-likeness (QED) is 0.892. The minimum absolute atomic E-state index is 0. The lowest BCUT2D eigenvalue weighted by Gasteiger charge is -2.07. The molecule has 0 aromatic heterocycles. The molecule has 0 spiro atoms. The van der Waals surface area contributed by atoms with Crippen molar-refractivity contribution in [2.24, 2.45) is 0 Å². The third-order valence-electron chi connectivity index (χ3n) is 2.37. The van der Waals surface area contributed by atoms with Crippen LogP contribution in [0.5, 0.6) is 5.75 Å². The van der Waals surface area contributed by atoms with Gasteiger partial charge in [0.15, 0.2) is 0 Å². The SMILES string of the molecule is CNc1cccc(OCc2ccccc2)c1.Cl. The van der Waals surface area contributed by atoms with E-state index in [0.717, 1.165) is 11.4 Å². The van der Waals surface area contributed by atoms with E-state index in [2.05, 4.69) is 17.4 Å². The molecule has 0 bridgehead atoms. The Labute approximate surface area is 108 Å². The van der Waals surface area contributed by atoms with E-state index >= 15 is 0 Å². The Bertz CT molecular complexity index is 445. The van der Waals surface area contributed by atoms with Gasteiger partial charge in [-0.2, -0.15) is 0 Å². The summed E-state index contributed by atoms with van der Waals surface area (Å²) in [4.78, 5) is 0. The Morgan fingerprint density at radius 2 is 1.76 bits per heavy atom. The fourth-order valence-corrected chi connectivity index (χ4v) is 1.48. The summed E-state index contributed by atoms with van der Waals surface area (Å²) in [5.74, 6) is 0.885. The van der Waals surface area contributed by atoms with Crippen LogP contribution in [-0.4, -0.2) is 7.05 Å². The zero-order valence-electron chi connectivity index (χ0n) is 9.72. The number of benzene rings is 2. The molecule has 2 nitrogen and oxygen atoms in total. The van der Waals surface area contributed by atoms with Crippen LogP contribution in [0.25, 0.3) is 0 Å². The van der Waals surface area contributed by atoms with Crippen LogP contribution in [0.1, 0.15) is 5.56 Å². The lowest BCUT2D eigenvalue weighted by molar-refractivity contribution is 0.306. The fraction of sp³-hybridized carbons (Fsp3) is 0.143. The Morgan fingerprint density at radius 1 is 1.00 bits per heavy atom. The molecule has 0 aliphatic rings. The Hall–Kier alpha value is -1.67. The van der Waals surface area contributed by atoms with Crippen molar-refractivity contribution < 1.29 is 4.74 Å². The number of ether oxygens (including phenoxy) is 1. The van der Waals surface area contributed by atoms with Crippen molar-refractivity contribution in [2.75, 3.05) is 12.4 Å². The van der Waals surface area contributed by atoms with Crippen LogP contribution in [0.15, 0.2) is 54.6 Å². The standard InChI is InChI=1S/C14H15NO.ClH/c1-15-13-8-5-9-14(10-13)16-11-12-6-3-2-4-7-12;/h2-10,15H,11H2,1H3;1H. The lowest BCUT2D eigenvalue weighted by Crippen LogP contribution is -1.95. The molecule has 0 aliphatic heterocycles. The van der Waals surface area contributed by atoms with Crippen molar-refractivity contribution in [3.63, 3.8) is 0 Å². The van der Waals surface area contributed by atoms with Crippen LogP contribution in [-0.2, 0) is 6.61 Å². The van der Waals surface area contributed by atoms with Crippen LogP contribution < -0.4 is 10.1 Å². The van der Waals surface area contributed by atoms with Gasteiger partial charge in [0.05, 0.1) is 0 Å². The van der Waals surface area contributed by atoms with Crippen molar-refractivity contribution in [1.29, 1.82) is 0 Å². The highest BCUT2D eigenvalue weighted by Crippen LogP contribution is 2.17. The van der Waals surface area contributed by atoms with E-state index in [-0.39, 0.29) is 12.4 Å². The maximum atomic E-state index is 5.69. The molecule has 17 heavy (non-hydrogen) atoms. The first-order valence-electron chi connectivity index (χ1n) is 5.33. The first-order valence-corrected chi connectivity index (χ1v) is 5.33. The molecule has 0 radical (unpaired) electrons. The van der Waals surface area contributed by atoms with Crippen molar-refractivity contribution in [2.45, 2.75) is 6.61 Å². The third kappa shape index (κ3) is 4.00. The molecule has 0 amide bonds. The molecule has 0 aliphatic carbocycles. The second-order valence-electron chi connectivity index (χ2n) is 3.55. The van der Waals surface area contributed by atoms with Crippen LogP contribution in [0.2, 0.25) is 0 Å². The van der Waals surface area contributed by atoms with E-state index in [1.807, 2.05) is 49.5 Å². The first-order chi connectivity index (χ1) is 7.88. The summed E-state index contributed by atoms with van der Waals surface area (Å²) in [6.45, 7) is 0.605. The molecule has 0 fully saturated rings. The van der Waals surface area contributed by atoms with Gasteiger partial charge in [-0.3, -0.25) is 0 Å². The van der Waals surface area contributed by atoms with Crippen LogP contribution in [0.3, 0.4) is 0 Å². The predicted octanol–water partition coefficient (Wildman–Crippen LogP) is 3.73. The molecular weight excluding hydrogens is 234 g/mol. The van der Waals surface area contributed by atoms with Crippen molar-refractivity contribution >= 4 is 18.1 Å². The summed E-state index contributed by atoms with van der Waals surface area (Å²) in [5.41, 5.74) is 2.24. The second kappa shape index (κ2) is 6.81. The van der Waals surface area contributed by atoms with Crippen LogP contribution in [0.4, 0.5) is 5.69 Å². The lowest BCUT2D eigenvalue weighted by atomic mass is 10.2. The minimum atomic E-state index is 0. The molecule has 0 saturated carbocycles. The maximum absolute atomic E-state index is 5.69. The first kappa shape index (κ1) is 13.4. The number of nitrogens with one attached hydrogen (secondary N) is 1. The van der Waals surface area contributed by atoms with E-state index in [4.69, 9.17) is 4.74 Å². The molecule has 0 unspecified atom stereocenters. The van der Waals surface area contributed by atoms with Gasteiger partial charge in [-0.05, 0) is 17.7 Å². The average molecular weight is 250 g/mol. The fourth-order valence-electron chi connectivity index (χ4n) is 1.48. The zero-order chi connectivity index (χ0) is 11.2. The van der Waals surface area contributed by atoms with E-state index in [9.17, 15) is 0 Å². The van der Waals surface area contributed by atoms with Gasteiger partial charge in [0, 0.05) is 18.8 Å². The van der Waals surface area contributed by atoms with Crippen molar-refractivity contribution in [1.82, 2.24) is 0 Å². The highest BCUT2D eigenvalue weighted by atomic mass is 35.5. The summed E-state index contributed by atoms with van der Waals surface area (Å²) in [6, 6.07) is 18.1. The van der Waals surface area contributed by atoms with Gasteiger partial charge in [-0.1, -0.05) is 36.4 Å². The van der Waals surface area contributed by atoms with Crippen LogP contribution >= 0.6 is 12.4 Å². The van der Waals surface area contributed by atoms with Gasteiger partial charge in [-0.15, -0.1) is 12.4 Å². The molecule has 0 saturated heterocycles. The second-order valence-corrected chi connectivity index (χ2v) is 3.55. The number of hydrogen-bond donors (Lipinski definition) is 1. The molecule has 90 valence electrons. The van der Waals surface area contributed by atoms with E-state index in [0.29, 0.717) is 6.61 Å². The predicted molar refractivity (Wildman–Crippen MR) is 74.0 cm³/mol. The third-order valence-corrected chi connectivity index (χ3v) is 2.37. The smallest absolute Gasteiger partial charge is 0.121 e. The van der Waals surface area contributed by atoms with Gasteiger partial charge in [-0.25, -0.2) is 0 Å². The number of hydrogen-bond acceptors (Lipinski definition) is 2. The maximum Gasteiger partial charge on any atom is 0.121 e. The monoisotopic (exact) mass is 249 g/mol. The average Bonchev–Trinajstić information content (AvgIpc) is 2.38. The van der Waals surface area contributed by atoms with E-state index < -0.39 is 0 Å². The summed E-state index contributed by atoms with van der Waals surface area (Å²) in [6.07, 6.45) is 0. The van der Waals surface area contributed by atoms with E-state index in [1.54, 1.807) is 0 Å². The molecule has 2 aromatic carbocycles. The summed E-state index contributed by atoms with van der Waals surface area (Å²) in [5, 5.41) is 3.09. The molecule has 0 atom stereocenters. The molecule has 0 heterocycles. The minimum Gasteiger partial charge on any atom is -0.489 e. The zero-order valence-corrected chi connectivity index (χ0v) is 10.5. The van der Waals surface area contributed by atoms with Crippen LogP contribution in [0, 0.1) is 0 Å². The highest BCUT2D eigenvalue weighted by molar-refractivity contribution is 5.85.